The molecule has 4 rings (SSSR count). The predicted octanol–water partition coefficient (Wildman–Crippen LogP) is 4.08. The lowest BCUT2D eigenvalue weighted by Crippen LogP contribution is -2.36. The van der Waals surface area contributed by atoms with Gasteiger partial charge in [-0.05, 0) is 49.3 Å². The van der Waals surface area contributed by atoms with Crippen molar-refractivity contribution in [2.24, 2.45) is 17.8 Å². The highest BCUT2D eigenvalue weighted by Gasteiger charge is 2.40. The smallest absolute Gasteiger partial charge is 0.231 e. The van der Waals surface area contributed by atoms with Gasteiger partial charge in [-0.1, -0.05) is 31.1 Å². The molecule has 3 nitrogen and oxygen atoms in total. The molecule has 1 aromatic carbocycles. The summed E-state index contributed by atoms with van der Waals surface area (Å²) in [5, 5.41) is 0. The molecule has 1 saturated carbocycles. The fraction of sp³-hybridized carbons (Fsp3) is 0.526. The Morgan fingerprint density at radius 2 is 1.91 bits per heavy atom. The number of allylic oxidation sites excluding steroid dienone is 2. The highest BCUT2D eigenvalue weighted by atomic mass is 16.7. The van der Waals surface area contributed by atoms with Gasteiger partial charge in [0, 0.05) is 11.8 Å². The number of carbonyl (C=O) groups is 1. The van der Waals surface area contributed by atoms with E-state index >= 15 is 0 Å². The molecule has 0 bridgehead atoms. The number of hydrogen-bond donors (Lipinski definition) is 0. The molecule has 0 amide bonds. The van der Waals surface area contributed by atoms with Crippen LogP contribution in [0.3, 0.4) is 0 Å². The molecule has 0 unspecified atom stereocenters. The van der Waals surface area contributed by atoms with E-state index in [0.717, 1.165) is 11.5 Å². The minimum atomic E-state index is 0.107. The molecule has 1 fully saturated rings. The minimum Gasteiger partial charge on any atom is -0.454 e. The van der Waals surface area contributed by atoms with Gasteiger partial charge in [-0.15, -0.1) is 0 Å². The number of Topliss-reactive ketones (excluding diaryl/α,β-unsaturated/α-hetero) is 1. The van der Waals surface area contributed by atoms with Crippen molar-refractivity contribution < 1.29 is 14.3 Å². The van der Waals surface area contributed by atoms with Crippen LogP contribution in [0.25, 0.3) is 0 Å². The number of ether oxygens (including phenoxy) is 2. The third kappa shape index (κ3) is 2.23. The molecule has 0 N–H and O–H groups in total. The average Bonchev–Trinajstić information content (AvgIpc) is 3.01. The fourth-order valence-corrected chi connectivity index (χ4v) is 4.51. The summed E-state index contributed by atoms with van der Waals surface area (Å²) in [5.41, 5.74) is 1.17. The van der Waals surface area contributed by atoms with Gasteiger partial charge in [-0.2, -0.15) is 0 Å². The van der Waals surface area contributed by atoms with Crippen molar-refractivity contribution in [1.29, 1.82) is 0 Å². The van der Waals surface area contributed by atoms with E-state index in [4.69, 9.17) is 9.47 Å². The summed E-state index contributed by atoms with van der Waals surface area (Å²) in [7, 11) is 0. The van der Waals surface area contributed by atoms with E-state index in [1.807, 2.05) is 6.07 Å². The van der Waals surface area contributed by atoms with Crippen molar-refractivity contribution in [1.82, 2.24) is 0 Å². The topological polar surface area (TPSA) is 35.5 Å². The fourth-order valence-electron chi connectivity index (χ4n) is 4.51. The van der Waals surface area contributed by atoms with E-state index in [2.05, 4.69) is 24.3 Å². The lowest BCUT2D eigenvalue weighted by Gasteiger charge is -2.41. The third-order valence-corrected chi connectivity index (χ3v) is 5.54. The van der Waals surface area contributed by atoms with Gasteiger partial charge < -0.3 is 9.47 Å². The lowest BCUT2D eigenvalue weighted by molar-refractivity contribution is -0.124. The normalized spacial score (nSPS) is 32.6. The number of carbonyl (C=O) groups excluding carboxylic acids is 1. The number of ketones is 1. The molecule has 4 atom stereocenters. The summed E-state index contributed by atoms with van der Waals surface area (Å²) in [5.74, 6) is 3.31. The summed E-state index contributed by atoms with van der Waals surface area (Å²) in [6.45, 7) is 2.05. The molecule has 2 aliphatic carbocycles. The molecular formula is C19H22O3. The van der Waals surface area contributed by atoms with Gasteiger partial charge in [0.05, 0.1) is 0 Å². The molecule has 0 radical (unpaired) electrons. The van der Waals surface area contributed by atoms with E-state index in [0.29, 0.717) is 24.4 Å². The van der Waals surface area contributed by atoms with Crippen LogP contribution < -0.4 is 9.47 Å². The predicted molar refractivity (Wildman–Crippen MR) is 84.1 cm³/mol. The standard InChI is InChI=1S/C19H22O3/c1-12(20)19-15-5-3-2-4-13(15)6-8-16(19)14-7-9-17-18(10-14)22-11-21-17/h6-10,13,15-16,19H,2-5,11H2,1H3/t13-,15-,16+,19+/m1/s1. The Bertz CT molecular complexity index is 619. The maximum Gasteiger partial charge on any atom is 0.231 e. The van der Waals surface area contributed by atoms with Crippen LogP contribution in [0.15, 0.2) is 30.4 Å². The molecule has 0 aromatic heterocycles. The second-order valence-electron chi connectivity index (χ2n) is 6.77. The Morgan fingerprint density at radius 3 is 2.77 bits per heavy atom. The summed E-state index contributed by atoms with van der Waals surface area (Å²) in [4.78, 5) is 12.4. The Labute approximate surface area is 131 Å². The van der Waals surface area contributed by atoms with Gasteiger partial charge in [0.1, 0.15) is 5.78 Å². The second kappa shape index (κ2) is 5.45. The van der Waals surface area contributed by atoms with E-state index < -0.39 is 0 Å². The van der Waals surface area contributed by atoms with Gasteiger partial charge in [0.25, 0.3) is 0 Å². The van der Waals surface area contributed by atoms with Gasteiger partial charge in [-0.25, -0.2) is 0 Å². The van der Waals surface area contributed by atoms with Gasteiger partial charge >= 0.3 is 0 Å². The first kappa shape index (κ1) is 13.9. The van der Waals surface area contributed by atoms with E-state index in [-0.39, 0.29) is 11.8 Å². The van der Waals surface area contributed by atoms with Crippen LogP contribution in [0.5, 0.6) is 11.5 Å². The maximum atomic E-state index is 12.4. The van der Waals surface area contributed by atoms with Crippen LogP contribution in [0.2, 0.25) is 0 Å². The molecule has 0 spiro atoms. The summed E-state index contributed by atoms with van der Waals surface area (Å²) in [6, 6.07) is 6.10. The first-order valence-corrected chi connectivity index (χ1v) is 8.32. The van der Waals surface area contributed by atoms with Crippen molar-refractivity contribution in [2.45, 2.75) is 38.5 Å². The van der Waals surface area contributed by atoms with Crippen LogP contribution in [-0.2, 0) is 4.79 Å². The quantitative estimate of drug-likeness (QED) is 0.772. The molecule has 3 heteroatoms. The first-order chi connectivity index (χ1) is 10.7. The molecule has 1 aliphatic heterocycles. The lowest BCUT2D eigenvalue weighted by atomic mass is 9.62. The van der Waals surface area contributed by atoms with E-state index in [1.54, 1.807) is 6.92 Å². The van der Waals surface area contributed by atoms with Crippen LogP contribution in [0, 0.1) is 17.8 Å². The van der Waals surface area contributed by atoms with E-state index in [9.17, 15) is 4.79 Å². The molecule has 22 heavy (non-hydrogen) atoms. The Morgan fingerprint density at radius 1 is 1.09 bits per heavy atom. The molecular weight excluding hydrogens is 276 g/mol. The third-order valence-electron chi connectivity index (χ3n) is 5.54. The zero-order valence-electron chi connectivity index (χ0n) is 13.0. The average molecular weight is 298 g/mol. The van der Waals surface area contributed by atoms with Crippen LogP contribution in [0.1, 0.15) is 44.1 Å². The van der Waals surface area contributed by atoms with Gasteiger partial charge in [0.15, 0.2) is 11.5 Å². The van der Waals surface area contributed by atoms with Crippen LogP contribution in [-0.4, -0.2) is 12.6 Å². The second-order valence-corrected chi connectivity index (χ2v) is 6.77. The van der Waals surface area contributed by atoms with Crippen molar-refractivity contribution >= 4 is 5.78 Å². The molecule has 116 valence electrons. The summed E-state index contributed by atoms with van der Waals surface area (Å²) < 4.78 is 10.9. The number of hydrogen-bond acceptors (Lipinski definition) is 3. The number of benzene rings is 1. The van der Waals surface area contributed by atoms with Gasteiger partial charge in [0.2, 0.25) is 6.79 Å². The molecule has 1 heterocycles. The number of fused-ring (bicyclic) bond motifs is 2. The zero-order chi connectivity index (χ0) is 15.1. The molecule has 1 aromatic rings. The van der Waals surface area contributed by atoms with Crippen molar-refractivity contribution in [3.8, 4) is 11.5 Å². The van der Waals surface area contributed by atoms with Crippen molar-refractivity contribution in [3.05, 3.63) is 35.9 Å². The maximum absolute atomic E-state index is 12.4. The van der Waals surface area contributed by atoms with Crippen LogP contribution in [0.4, 0.5) is 0 Å². The summed E-state index contributed by atoms with van der Waals surface area (Å²) in [6.07, 6.45) is 9.59. The first-order valence-electron chi connectivity index (χ1n) is 8.32. The Hall–Kier alpha value is -1.77. The largest absolute Gasteiger partial charge is 0.454 e. The highest BCUT2D eigenvalue weighted by Crippen LogP contribution is 2.48. The molecule has 3 aliphatic rings. The van der Waals surface area contributed by atoms with Crippen molar-refractivity contribution in [2.75, 3.05) is 6.79 Å². The highest BCUT2D eigenvalue weighted by molar-refractivity contribution is 5.80. The van der Waals surface area contributed by atoms with E-state index in [1.165, 1.54) is 31.2 Å². The van der Waals surface area contributed by atoms with Crippen molar-refractivity contribution in [3.63, 3.8) is 0 Å². The zero-order valence-corrected chi connectivity index (χ0v) is 13.0. The summed E-state index contributed by atoms with van der Waals surface area (Å²) >= 11 is 0. The Kier molecular flexibility index (Phi) is 3.44. The van der Waals surface area contributed by atoms with Gasteiger partial charge in [-0.3, -0.25) is 4.79 Å². The molecule has 0 saturated heterocycles. The minimum absolute atomic E-state index is 0.107. The SMILES string of the molecule is CC(=O)[C@H]1[C@@H]2CCCC[C@@H]2C=C[C@H]1c1ccc2c(c1)OCO2. The van der Waals surface area contributed by atoms with Crippen LogP contribution >= 0.6 is 0 Å². The number of rotatable bonds is 2. The Balaban J connectivity index is 1.71. The monoisotopic (exact) mass is 298 g/mol.